The van der Waals surface area contributed by atoms with Crippen molar-refractivity contribution in [2.75, 3.05) is 73.9 Å². The number of aliphatic hydroxyl groups is 2. The number of hydrogen-bond acceptors (Lipinski definition) is 16. The number of cyclic esters (lactones) is 1. The van der Waals surface area contributed by atoms with Crippen LogP contribution in [0.4, 0.5) is 0 Å². The van der Waals surface area contributed by atoms with E-state index in [9.17, 15) is 34.2 Å². The highest BCUT2D eigenvalue weighted by molar-refractivity contribution is 6.39. The van der Waals surface area contributed by atoms with Crippen LogP contribution in [-0.2, 0) is 61.9 Å². The van der Waals surface area contributed by atoms with Crippen molar-refractivity contribution < 1.29 is 72.1 Å². The number of Topliss-reactive ketones (excluding diaryl/α,β-unsaturated/α-hetero) is 3. The van der Waals surface area contributed by atoms with E-state index in [-0.39, 0.29) is 80.0 Å². The second-order valence-electron chi connectivity index (χ2n) is 23.4. The number of allylic oxidation sites excluding steroid dienone is 6. The Morgan fingerprint density at radius 1 is 0.821 bits per heavy atom. The molecule has 5 rings (SSSR count). The summed E-state index contributed by atoms with van der Waals surface area (Å²) in [5, 5.41) is 23.8. The molecule has 2 N–H and O–H groups in total. The molecule has 4 aliphatic heterocycles. The first kappa shape index (κ1) is 65.3. The van der Waals surface area contributed by atoms with E-state index >= 15 is 0 Å². The molecule has 1 amide bonds. The highest BCUT2D eigenvalue weighted by atomic mass is 16.6. The van der Waals surface area contributed by atoms with Crippen molar-refractivity contribution in [1.82, 2.24) is 9.80 Å². The fourth-order valence-electron chi connectivity index (χ4n) is 12.1. The number of rotatable bonds is 14. The van der Waals surface area contributed by atoms with Gasteiger partial charge in [0.15, 0.2) is 5.78 Å². The van der Waals surface area contributed by atoms with Crippen molar-refractivity contribution in [2.45, 2.75) is 200 Å². The average molecular weight is 1100 g/mol. The summed E-state index contributed by atoms with van der Waals surface area (Å²) in [5.41, 5.74) is 1.26. The number of fused-ring (bicyclic) bond motifs is 3. The maximum absolute atomic E-state index is 14.7. The Kier molecular flexibility index (Phi) is 27.0. The van der Waals surface area contributed by atoms with Crippen molar-refractivity contribution in [3.63, 3.8) is 0 Å². The normalized spacial score (nSPS) is 38.1. The number of methoxy groups -OCH3 is 3. The van der Waals surface area contributed by atoms with E-state index in [0.29, 0.717) is 57.3 Å². The molecule has 17 nitrogen and oxygen atoms in total. The van der Waals surface area contributed by atoms with Crippen molar-refractivity contribution in [3.8, 4) is 0 Å². The number of esters is 1. The lowest BCUT2D eigenvalue weighted by Crippen LogP contribution is -2.61. The van der Waals surface area contributed by atoms with Gasteiger partial charge in [0.2, 0.25) is 5.79 Å². The standard InChI is InChI=1S/C61H98N2O15/c1-39-18-13-12-14-19-40(2)52(76-31-30-71-9)36-48-23-21-45(7)61(70,78-48)58(67)59(68)63-26-16-15-20-49(63)60(69)77-53(37-50(64)41(3)33-44(6)56(66)57(73-11)55(65)43(5)32-39)42(4)34-47-22-24-51(54(35-47)72-10)75-28-17-25-62-27-29-74-46(8)38-62/h12-14,18-19,33,39,41-43,45-49,51-54,56-57,66,70H,15-17,20-32,34-38H2,1-11H3/b14-12+,18-13+,40-19+,44-33+/t39-,41-,42-,43-,45-,46+,47+,48+,49?,51-,52?,53+,54-,56-,57+,61-/m1/s1. The highest BCUT2D eigenvalue weighted by Crippen LogP contribution is 2.38. The minimum Gasteiger partial charge on any atom is -0.460 e. The molecule has 442 valence electrons. The summed E-state index contributed by atoms with van der Waals surface area (Å²) >= 11 is 0. The number of hydrogen-bond donors (Lipinski definition) is 2. The Bertz CT molecular complexity index is 2060. The van der Waals surface area contributed by atoms with Crippen LogP contribution in [0.1, 0.15) is 139 Å². The Hall–Kier alpha value is -3.49. The first-order chi connectivity index (χ1) is 37.2. The van der Waals surface area contributed by atoms with Gasteiger partial charge in [0.1, 0.15) is 30.1 Å². The Balaban J connectivity index is 1.41. The van der Waals surface area contributed by atoms with Crippen molar-refractivity contribution in [3.05, 3.63) is 47.6 Å². The summed E-state index contributed by atoms with van der Waals surface area (Å²) in [7, 11) is 4.68. The van der Waals surface area contributed by atoms with Gasteiger partial charge < -0.3 is 53.0 Å². The van der Waals surface area contributed by atoms with Crippen LogP contribution < -0.4 is 0 Å². The largest absolute Gasteiger partial charge is 0.460 e. The number of piperidine rings is 1. The van der Waals surface area contributed by atoms with E-state index in [1.165, 1.54) is 12.0 Å². The van der Waals surface area contributed by atoms with Crippen LogP contribution in [0.25, 0.3) is 0 Å². The smallest absolute Gasteiger partial charge is 0.329 e. The predicted molar refractivity (Wildman–Crippen MR) is 296 cm³/mol. The molecule has 2 bridgehead atoms. The molecular formula is C61H98N2O15. The highest BCUT2D eigenvalue weighted by Gasteiger charge is 2.53. The van der Waals surface area contributed by atoms with E-state index in [1.54, 1.807) is 41.1 Å². The predicted octanol–water partition coefficient (Wildman–Crippen LogP) is 7.33. The minimum absolute atomic E-state index is 0.00343. The van der Waals surface area contributed by atoms with E-state index in [4.69, 9.17) is 37.9 Å². The number of ether oxygens (including phenoxy) is 8. The molecule has 78 heavy (non-hydrogen) atoms. The third kappa shape index (κ3) is 18.8. The molecule has 16 atom stereocenters. The number of aliphatic hydroxyl groups excluding tert-OH is 1. The number of carbonyl (C=O) groups excluding carboxylic acids is 5. The van der Waals surface area contributed by atoms with Crippen molar-refractivity contribution >= 4 is 29.2 Å². The summed E-state index contributed by atoms with van der Waals surface area (Å²) in [6, 6.07) is -1.15. The molecule has 3 saturated heterocycles. The third-order valence-corrected chi connectivity index (χ3v) is 17.1. The molecule has 0 aromatic carbocycles. The van der Waals surface area contributed by atoms with E-state index in [0.717, 1.165) is 57.5 Å². The van der Waals surface area contributed by atoms with Crippen molar-refractivity contribution in [1.29, 1.82) is 0 Å². The first-order valence-electron chi connectivity index (χ1n) is 29.2. The molecule has 0 aromatic heterocycles. The molecular weight excluding hydrogens is 1000 g/mol. The topological polar surface area (TPSA) is 206 Å². The van der Waals surface area contributed by atoms with Gasteiger partial charge in [-0.25, -0.2) is 4.79 Å². The van der Waals surface area contributed by atoms with Crippen LogP contribution in [0.2, 0.25) is 0 Å². The lowest BCUT2D eigenvalue weighted by atomic mass is 9.78. The van der Waals surface area contributed by atoms with E-state index in [2.05, 4.69) is 11.8 Å². The summed E-state index contributed by atoms with van der Waals surface area (Å²) < 4.78 is 48.0. The Morgan fingerprint density at radius 3 is 2.31 bits per heavy atom. The van der Waals surface area contributed by atoms with Gasteiger partial charge in [-0.05, 0) is 120 Å². The van der Waals surface area contributed by atoms with E-state index in [1.807, 2.05) is 58.1 Å². The van der Waals surface area contributed by atoms with Gasteiger partial charge in [0, 0.05) is 84.7 Å². The average Bonchev–Trinajstić information content (AvgIpc) is 3.44. The summed E-state index contributed by atoms with van der Waals surface area (Å²) in [4.78, 5) is 75.6. The zero-order valence-corrected chi connectivity index (χ0v) is 49.1. The molecule has 0 spiro atoms. The Labute approximate surface area is 466 Å². The molecule has 0 aromatic rings. The summed E-state index contributed by atoms with van der Waals surface area (Å²) in [5.74, 6) is -7.94. The number of morpholine rings is 1. The lowest BCUT2D eigenvalue weighted by Gasteiger charge is -2.43. The Morgan fingerprint density at radius 2 is 1.59 bits per heavy atom. The molecule has 5 aliphatic rings. The van der Waals surface area contributed by atoms with Crippen LogP contribution in [0.15, 0.2) is 47.6 Å². The minimum atomic E-state index is -2.46. The second-order valence-corrected chi connectivity index (χ2v) is 23.4. The molecule has 4 heterocycles. The molecule has 1 aliphatic carbocycles. The van der Waals surface area contributed by atoms with Crippen LogP contribution in [-0.4, -0.2) is 184 Å². The van der Waals surface area contributed by atoms with Crippen molar-refractivity contribution in [2.24, 2.45) is 35.5 Å². The molecule has 1 saturated carbocycles. The number of amides is 1. The van der Waals surface area contributed by atoms with E-state index < -0.39 is 77.8 Å². The third-order valence-electron chi connectivity index (χ3n) is 17.1. The van der Waals surface area contributed by atoms with Gasteiger partial charge in [-0.2, -0.15) is 0 Å². The SMILES string of the molecule is COCCOC1C[C@@H]2CC[C@@H](C)[C@@](O)(O2)C(=O)C(=O)N2CCCCC2C(=O)O[C@H]([C@H](C)C[C@@H]2CC[C@@H](OCCCN3CCO[C@@H](C)C3)[C@H](OC)C2)CC(=O)[C@H](C)/C=C(\C)[C@@H](O)[C@@H](OC)C(=O)[C@H](C)C[C@H](C)/C=C/C=C/C=C/1C. The quantitative estimate of drug-likeness (QED) is 0.0756. The molecule has 4 fully saturated rings. The van der Waals surface area contributed by atoms with Gasteiger partial charge >= 0.3 is 5.97 Å². The summed E-state index contributed by atoms with van der Waals surface area (Å²) in [6.45, 7) is 19.8. The fraction of sp³-hybridized carbons (Fsp3) is 0.787. The van der Waals surface area contributed by atoms with Gasteiger partial charge in [0.25, 0.3) is 11.7 Å². The van der Waals surface area contributed by atoms with Crippen LogP contribution >= 0.6 is 0 Å². The lowest BCUT2D eigenvalue weighted by molar-refractivity contribution is -0.266. The van der Waals surface area contributed by atoms with Crippen LogP contribution in [0, 0.1) is 35.5 Å². The monoisotopic (exact) mass is 1100 g/mol. The fourth-order valence-corrected chi connectivity index (χ4v) is 12.1. The molecule has 2 unspecified atom stereocenters. The van der Waals surface area contributed by atoms with Crippen LogP contribution in [0.5, 0.6) is 0 Å². The maximum Gasteiger partial charge on any atom is 0.329 e. The maximum atomic E-state index is 14.7. The van der Waals surface area contributed by atoms with Gasteiger partial charge in [0.05, 0.1) is 50.3 Å². The summed E-state index contributed by atoms with van der Waals surface area (Å²) in [6.07, 6.45) is 13.5. The number of carbonyl (C=O) groups is 5. The van der Waals surface area contributed by atoms with Gasteiger partial charge in [-0.3, -0.25) is 24.1 Å². The molecule has 0 radical (unpaired) electrons. The zero-order valence-electron chi connectivity index (χ0n) is 49.1. The van der Waals surface area contributed by atoms with Crippen LogP contribution in [0.3, 0.4) is 0 Å². The zero-order chi connectivity index (χ0) is 57.1. The van der Waals surface area contributed by atoms with Gasteiger partial charge in [-0.15, -0.1) is 0 Å². The number of nitrogens with zero attached hydrogens (tertiary/aromatic N) is 2. The van der Waals surface area contributed by atoms with Gasteiger partial charge in [-0.1, -0.05) is 71.1 Å². The second kappa shape index (κ2) is 32.2. The molecule has 17 heteroatoms. The number of ketones is 3. The first-order valence-corrected chi connectivity index (χ1v) is 29.2.